The van der Waals surface area contributed by atoms with Crippen molar-refractivity contribution in [2.45, 2.75) is 22.8 Å². The monoisotopic (exact) mass is 766 g/mol. The average Bonchev–Trinajstić information content (AvgIpc) is 3.75. The van der Waals surface area contributed by atoms with Crippen molar-refractivity contribution >= 4 is 19.7 Å². The Morgan fingerprint density at radius 2 is 0.865 bits per heavy atom. The fraction of sp³-hybridized carbons (Fsp3) is 0.125. The zero-order valence-corrected chi connectivity index (χ0v) is 28.2. The molecule has 4 aromatic heterocycles. The van der Waals surface area contributed by atoms with Gasteiger partial charge in [-0.15, -0.1) is 26.3 Å². The van der Waals surface area contributed by atoms with Gasteiger partial charge in [-0.3, -0.25) is 9.13 Å². The van der Waals surface area contributed by atoms with Crippen molar-refractivity contribution in [1.82, 2.24) is 29.1 Å². The third-order valence-electron chi connectivity index (χ3n) is 6.80. The highest BCUT2D eigenvalue weighted by atomic mass is 32.2. The van der Waals surface area contributed by atoms with Crippen LogP contribution in [-0.4, -0.2) is 71.1 Å². The van der Waals surface area contributed by atoms with E-state index >= 15 is 0 Å². The van der Waals surface area contributed by atoms with Crippen LogP contribution in [0.1, 0.15) is 0 Å². The predicted octanol–water partition coefficient (Wildman–Crippen LogP) is 6.47. The maximum atomic E-state index is 12.2. The van der Waals surface area contributed by atoms with Gasteiger partial charge in [0, 0.05) is 23.6 Å². The molecule has 0 saturated heterocycles. The van der Waals surface area contributed by atoms with Crippen molar-refractivity contribution in [2.75, 3.05) is 12.5 Å². The summed E-state index contributed by atoms with van der Waals surface area (Å²) in [6, 6.07) is 16.5. The van der Waals surface area contributed by atoms with Crippen molar-refractivity contribution in [1.29, 1.82) is 0 Å². The van der Waals surface area contributed by atoms with Gasteiger partial charge in [-0.1, -0.05) is 0 Å². The highest BCUT2D eigenvalue weighted by molar-refractivity contribution is 7.90. The number of rotatable bonds is 8. The number of hydrogen-bond acceptors (Lipinski definition) is 10. The zero-order chi connectivity index (χ0) is 37.9. The number of nitrogens with zero attached hydrogens (tertiary/aromatic N) is 6. The topological polar surface area (TPSA) is 148 Å². The summed E-state index contributed by atoms with van der Waals surface area (Å²) in [5.74, 6) is -0.655. The number of imidazole rings is 2. The zero-order valence-electron chi connectivity index (χ0n) is 26.6. The molecule has 4 heterocycles. The second kappa shape index (κ2) is 14.5. The first kappa shape index (κ1) is 37.5. The lowest BCUT2D eigenvalue weighted by Crippen LogP contribution is -2.16. The molecule has 2 aromatic carbocycles. The van der Waals surface area contributed by atoms with Gasteiger partial charge in [0.15, 0.2) is 29.7 Å². The van der Waals surface area contributed by atoms with Crippen LogP contribution in [0.5, 0.6) is 11.5 Å². The van der Waals surface area contributed by atoms with Crippen LogP contribution in [0.4, 0.5) is 26.3 Å². The Morgan fingerprint density at radius 1 is 0.519 bits per heavy atom. The molecular weight excluding hydrogens is 743 g/mol. The molecule has 0 unspecified atom stereocenters. The number of alkyl halides is 6. The molecule has 0 saturated carbocycles. The van der Waals surface area contributed by atoms with Crippen molar-refractivity contribution in [3.8, 4) is 45.4 Å². The van der Waals surface area contributed by atoms with E-state index in [0.717, 1.165) is 12.5 Å². The summed E-state index contributed by atoms with van der Waals surface area (Å²) < 4.78 is 130. The minimum Gasteiger partial charge on any atom is -0.406 e. The van der Waals surface area contributed by atoms with Gasteiger partial charge < -0.3 is 9.47 Å². The molecule has 12 nitrogen and oxygen atoms in total. The number of benzene rings is 2. The number of hydrogen-bond donors (Lipinski definition) is 0. The first-order valence-corrected chi connectivity index (χ1v) is 18.2. The highest BCUT2D eigenvalue weighted by Crippen LogP contribution is 2.29. The summed E-state index contributed by atoms with van der Waals surface area (Å²) in [6.07, 6.45) is 1.41. The quantitative estimate of drug-likeness (QED) is 0.158. The number of halogens is 6. The molecule has 0 amide bonds. The fourth-order valence-electron chi connectivity index (χ4n) is 4.55. The molecular formula is C32H24F6N6O6S2. The number of aromatic nitrogens is 6. The number of ether oxygens (including phenoxy) is 2. The van der Waals surface area contributed by atoms with Crippen LogP contribution in [0.15, 0.2) is 120 Å². The van der Waals surface area contributed by atoms with E-state index in [-0.39, 0.29) is 21.6 Å². The van der Waals surface area contributed by atoms with Crippen LogP contribution in [0.2, 0.25) is 0 Å². The lowest BCUT2D eigenvalue weighted by Gasteiger charge is -2.11. The van der Waals surface area contributed by atoms with E-state index < -0.39 is 32.4 Å². The molecule has 0 radical (unpaired) electrons. The van der Waals surface area contributed by atoms with E-state index in [4.69, 9.17) is 0 Å². The molecule has 20 heteroatoms. The maximum Gasteiger partial charge on any atom is 0.573 e. The standard InChI is InChI=1S/2C16H12F3N3O3S/c2*1-26(23,24)15-7-4-12(8-21-15)22-10-20-9-14(22)11-2-5-13(6-3-11)25-16(17,18)19/h2*2-10H,1H3. The van der Waals surface area contributed by atoms with Crippen molar-refractivity contribution in [3.05, 3.63) is 110 Å². The molecule has 6 rings (SSSR count). The van der Waals surface area contributed by atoms with Crippen molar-refractivity contribution in [3.63, 3.8) is 0 Å². The van der Waals surface area contributed by atoms with E-state index in [1.165, 1.54) is 98.1 Å². The third kappa shape index (κ3) is 9.72. The Bertz CT molecular complexity index is 2190. The number of sulfone groups is 2. The van der Waals surface area contributed by atoms with Gasteiger partial charge in [0.05, 0.1) is 60.2 Å². The first-order valence-electron chi connectivity index (χ1n) is 14.4. The number of pyridine rings is 2. The van der Waals surface area contributed by atoms with E-state index in [1.54, 1.807) is 21.3 Å². The lowest BCUT2D eigenvalue weighted by atomic mass is 10.1. The summed E-state index contributed by atoms with van der Waals surface area (Å²) in [4.78, 5) is 15.9. The van der Waals surface area contributed by atoms with Gasteiger partial charge in [-0.25, -0.2) is 36.8 Å². The summed E-state index contributed by atoms with van der Waals surface area (Å²) in [5.41, 5.74) is 3.50. The molecule has 0 atom stereocenters. The van der Waals surface area contributed by atoms with E-state index in [2.05, 4.69) is 29.4 Å². The molecule has 272 valence electrons. The Morgan fingerprint density at radius 3 is 1.13 bits per heavy atom. The van der Waals surface area contributed by atoms with Crippen LogP contribution < -0.4 is 9.47 Å². The first-order chi connectivity index (χ1) is 24.3. The molecule has 0 spiro atoms. The minimum atomic E-state index is -4.75. The minimum absolute atomic E-state index is 0.0587. The van der Waals surface area contributed by atoms with Crippen LogP contribution >= 0.6 is 0 Å². The third-order valence-corrected chi connectivity index (χ3v) is 8.80. The van der Waals surface area contributed by atoms with Crippen molar-refractivity contribution < 1.29 is 52.7 Å². The Kier molecular flexibility index (Phi) is 10.4. The summed E-state index contributed by atoms with van der Waals surface area (Å²) in [6.45, 7) is 0. The van der Waals surface area contributed by atoms with Crippen LogP contribution in [0.3, 0.4) is 0 Å². The van der Waals surface area contributed by atoms with E-state index in [1.807, 2.05) is 0 Å². The molecule has 52 heavy (non-hydrogen) atoms. The Labute approximate surface area is 291 Å². The molecule has 0 aliphatic carbocycles. The van der Waals surface area contributed by atoms with Crippen LogP contribution in [0.25, 0.3) is 33.9 Å². The highest BCUT2D eigenvalue weighted by Gasteiger charge is 2.31. The van der Waals surface area contributed by atoms with Crippen LogP contribution in [-0.2, 0) is 19.7 Å². The van der Waals surface area contributed by atoms with Gasteiger partial charge in [-0.2, -0.15) is 0 Å². The summed E-state index contributed by atoms with van der Waals surface area (Å²) in [7, 11) is -6.82. The van der Waals surface area contributed by atoms with Gasteiger partial charge in [0.25, 0.3) is 0 Å². The average molecular weight is 767 g/mol. The SMILES string of the molecule is CS(=O)(=O)c1ccc(-n2cncc2-c2ccc(OC(F)(F)F)cc2)cn1.CS(=O)(=O)c1ccc(-n2cncc2-c2ccc(OC(F)(F)F)cc2)cn1. The van der Waals surface area contributed by atoms with Gasteiger partial charge in [0.2, 0.25) is 0 Å². The molecule has 0 N–H and O–H groups in total. The Balaban J connectivity index is 0.000000201. The van der Waals surface area contributed by atoms with Gasteiger partial charge in [0.1, 0.15) is 11.5 Å². The normalized spacial score (nSPS) is 12.2. The van der Waals surface area contributed by atoms with Crippen LogP contribution in [0, 0.1) is 0 Å². The molecule has 0 bridgehead atoms. The second-order valence-corrected chi connectivity index (χ2v) is 14.6. The lowest BCUT2D eigenvalue weighted by molar-refractivity contribution is -0.275. The van der Waals surface area contributed by atoms with E-state index in [9.17, 15) is 43.2 Å². The molecule has 6 aromatic rings. The summed E-state index contributed by atoms with van der Waals surface area (Å²) in [5, 5.41) is -0.117. The van der Waals surface area contributed by atoms with E-state index in [0.29, 0.717) is 33.9 Å². The maximum absolute atomic E-state index is 12.2. The second-order valence-electron chi connectivity index (χ2n) is 10.7. The fourth-order valence-corrected chi connectivity index (χ4v) is 5.67. The Hall–Kier alpha value is -5.76. The van der Waals surface area contributed by atoms with Gasteiger partial charge in [-0.05, 0) is 72.8 Å². The molecule has 0 aliphatic heterocycles. The largest absolute Gasteiger partial charge is 0.573 e. The smallest absolute Gasteiger partial charge is 0.406 e. The predicted molar refractivity (Wildman–Crippen MR) is 173 cm³/mol. The summed E-state index contributed by atoms with van der Waals surface area (Å²) >= 11 is 0. The van der Waals surface area contributed by atoms with Gasteiger partial charge >= 0.3 is 12.7 Å². The molecule has 0 fully saturated rings. The van der Waals surface area contributed by atoms with Crippen molar-refractivity contribution in [2.24, 2.45) is 0 Å². The molecule has 0 aliphatic rings.